The molecule has 1 aliphatic rings. The number of alkyl halides is 2. The van der Waals surface area contributed by atoms with E-state index < -0.39 is 17.7 Å². The van der Waals surface area contributed by atoms with Gasteiger partial charge in [-0.15, -0.1) is 17.4 Å². The predicted molar refractivity (Wildman–Crippen MR) is 110 cm³/mol. The van der Waals surface area contributed by atoms with Gasteiger partial charge in [0.2, 0.25) is 0 Å². The summed E-state index contributed by atoms with van der Waals surface area (Å²) in [5, 5.41) is 8.10. The van der Waals surface area contributed by atoms with Gasteiger partial charge in [-0.25, -0.2) is 13.9 Å². The Labute approximate surface area is 196 Å². The molecule has 7 nitrogen and oxygen atoms in total. The second-order valence-electron chi connectivity index (χ2n) is 6.50. The maximum absolute atomic E-state index is 12.8. The van der Waals surface area contributed by atoms with E-state index in [4.69, 9.17) is 4.74 Å². The van der Waals surface area contributed by atoms with Gasteiger partial charge in [0.15, 0.2) is 5.56 Å². The maximum Gasteiger partial charge on any atom is 2.00 e. The van der Waals surface area contributed by atoms with Gasteiger partial charge in [-0.1, -0.05) is 17.1 Å². The fourth-order valence-corrected chi connectivity index (χ4v) is 2.83. The Morgan fingerprint density at radius 2 is 2.09 bits per heavy atom. The number of nitrogens with zero attached hydrogens (tertiary/aromatic N) is 4. The van der Waals surface area contributed by atoms with Crippen LogP contribution in [0.5, 0.6) is 5.75 Å². The van der Waals surface area contributed by atoms with Crippen molar-refractivity contribution in [1.29, 1.82) is 0 Å². The Morgan fingerprint density at radius 3 is 2.66 bits per heavy atom. The molecule has 3 aromatic rings. The van der Waals surface area contributed by atoms with Crippen LogP contribution in [0.15, 0.2) is 29.3 Å². The summed E-state index contributed by atoms with van der Waals surface area (Å²) < 4.78 is 31.9. The molecule has 11 heteroatoms. The van der Waals surface area contributed by atoms with Crippen molar-refractivity contribution >= 4 is 17.6 Å². The first-order valence-corrected chi connectivity index (χ1v) is 9.87. The van der Waals surface area contributed by atoms with Gasteiger partial charge >= 0.3 is 16.5 Å². The number of aryl methyl sites for hydroxylation is 1. The molecule has 32 heavy (non-hydrogen) atoms. The summed E-state index contributed by atoms with van der Waals surface area (Å²) in [5.41, 5.74) is 2.29. The minimum absolute atomic E-state index is 0. The first-order chi connectivity index (χ1) is 14.9. The van der Waals surface area contributed by atoms with Crippen molar-refractivity contribution in [3.8, 4) is 28.7 Å². The van der Waals surface area contributed by atoms with Gasteiger partial charge in [0.25, 0.3) is 6.43 Å². The molecule has 0 amide bonds. The van der Waals surface area contributed by atoms with E-state index in [-0.39, 0.29) is 38.9 Å². The van der Waals surface area contributed by atoms with Crippen molar-refractivity contribution in [2.45, 2.75) is 19.3 Å². The normalized spacial score (nSPS) is 12.0. The molecule has 0 aromatic carbocycles. The molecule has 1 aliphatic carbocycles. The van der Waals surface area contributed by atoms with E-state index in [1.807, 2.05) is 0 Å². The number of halogens is 2. The number of aromatic nitrogens is 4. The average molecular weight is 501 g/mol. The Hall–Kier alpha value is -2.96. The van der Waals surface area contributed by atoms with Crippen molar-refractivity contribution in [3.05, 3.63) is 56.7 Å². The maximum atomic E-state index is 12.8. The van der Waals surface area contributed by atoms with Crippen molar-refractivity contribution < 1.29 is 34.8 Å². The fraction of sp³-hybridized carbons (Fsp3) is 0.286. The summed E-state index contributed by atoms with van der Waals surface area (Å²) in [6, 6.07) is 2.22. The topological polar surface area (TPSA) is 87.0 Å². The number of hydrogen-bond donors (Lipinski definition) is 0. The fourth-order valence-electron chi connectivity index (χ4n) is 2.47. The van der Waals surface area contributed by atoms with Crippen LogP contribution in [0.2, 0.25) is 0 Å². The van der Waals surface area contributed by atoms with Crippen LogP contribution in [-0.4, -0.2) is 33.1 Å². The van der Waals surface area contributed by atoms with Gasteiger partial charge in [0.05, 0.1) is 19.6 Å². The largest absolute Gasteiger partial charge is 2.00 e. The monoisotopic (exact) mass is 500 g/mol. The summed E-state index contributed by atoms with van der Waals surface area (Å²) in [7, 11) is 2.84. The van der Waals surface area contributed by atoms with Gasteiger partial charge in [0.1, 0.15) is 11.4 Å². The molecule has 0 spiro atoms. The van der Waals surface area contributed by atoms with E-state index in [2.05, 4.69) is 32.5 Å². The zero-order valence-corrected chi connectivity index (χ0v) is 18.7. The zero-order valence-electron chi connectivity index (χ0n) is 16.9. The van der Waals surface area contributed by atoms with E-state index in [1.165, 1.54) is 49.1 Å². The molecule has 1 fully saturated rings. The van der Waals surface area contributed by atoms with Gasteiger partial charge in [0, 0.05) is 18.0 Å². The van der Waals surface area contributed by atoms with Crippen molar-refractivity contribution in [2.75, 3.05) is 7.11 Å². The van der Waals surface area contributed by atoms with E-state index in [0.29, 0.717) is 5.92 Å². The molecule has 0 aliphatic heterocycles. The minimum Gasteiger partial charge on any atom is -0.496 e. The molecular weight excluding hydrogens is 485 g/mol. The van der Waals surface area contributed by atoms with E-state index in [0.717, 1.165) is 23.3 Å². The third-order valence-corrected chi connectivity index (χ3v) is 4.80. The van der Waals surface area contributed by atoms with Crippen molar-refractivity contribution in [2.24, 2.45) is 13.0 Å². The van der Waals surface area contributed by atoms with Crippen LogP contribution in [-0.2, 0) is 28.3 Å². The van der Waals surface area contributed by atoms with Crippen molar-refractivity contribution in [1.82, 2.24) is 19.7 Å². The molecule has 3 heterocycles. The van der Waals surface area contributed by atoms with Crippen LogP contribution in [0.1, 0.15) is 35.5 Å². The second-order valence-corrected chi connectivity index (χ2v) is 7.28. The number of ether oxygens (including phenoxy) is 1. The SMILES string of the molecule is C(#CC1CC1)c1nn[c-]s1.COc1cnc(C(F)F)cc1-c1cn(C)c(=O)cc1[C-]=O.[Ni+2]. The number of hydrogen-bond acceptors (Lipinski definition) is 7. The summed E-state index contributed by atoms with van der Waals surface area (Å²) in [6.45, 7) is 0. The summed E-state index contributed by atoms with van der Waals surface area (Å²) in [6.07, 6.45) is 3.92. The van der Waals surface area contributed by atoms with E-state index >= 15 is 0 Å². The first-order valence-electron chi connectivity index (χ1n) is 9.05. The molecule has 0 unspecified atom stereocenters. The van der Waals surface area contributed by atoms with Crippen LogP contribution in [0, 0.1) is 23.3 Å². The van der Waals surface area contributed by atoms with Gasteiger partial charge in [-0.2, -0.15) is 0 Å². The Bertz CT molecular complexity index is 1190. The van der Waals surface area contributed by atoms with Crippen molar-refractivity contribution in [3.63, 3.8) is 0 Å². The second kappa shape index (κ2) is 11.6. The molecule has 168 valence electrons. The third-order valence-electron chi connectivity index (χ3n) is 4.25. The van der Waals surface area contributed by atoms with Crippen LogP contribution < -0.4 is 10.3 Å². The van der Waals surface area contributed by atoms with Gasteiger partial charge < -0.3 is 25.4 Å². The summed E-state index contributed by atoms with van der Waals surface area (Å²) >= 11 is 1.37. The number of carbonyl (C=O) groups excluding carboxylic acids is 1. The summed E-state index contributed by atoms with van der Waals surface area (Å²) in [5.74, 6) is 6.91. The minimum atomic E-state index is -2.76. The molecule has 0 N–H and O–H groups in total. The first kappa shape index (κ1) is 25.3. The number of pyridine rings is 2. The Kier molecular flexibility index (Phi) is 9.18. The van der Waals surface area contributed by atoms with Crippen LogP contribution in [0.4, 0.5) is 8.78 Å². The van der Waals surface area contributed by atoms with Crippen LogP contribution in [0.25, 0.3) is 11.1 Å². The van der Waals surface area contributed by atoms with Gasteiger partial charge in [-0.05, 0) is 30.7 Å². The predicted octanol–water partition coefficient (Wildman–Crippen LogP) is 2.95. The van der Waals surface area contributed by atoms with Crippen LogP contribution >= 0.6 is 11.3 Å². The molecular formula is C21H16F2N4NiO3S. The molecule has 0 saturated heterocycles. The number of methoxy groups -OCH3 is 1. The van der Waals surface area contributed by atoms with E-state index in [9.17, 15) is 18.4 Å². The Balaban J connectivity index is 0.000000275. The quantitative estimate of drug-likeness (QED) is 0.311. The zero-order chi connectivity index (χ0) is 22.4. The molecule has 4 rings (SSSR count). The smallest absolute Gasteiger partial charge is 0.496 e. The molecule has 0 bridgehead atoms. The molecule has 1 saturated carbocycles. The number of rotatable bonds is 4. The average Bonchev–Trinajstić information content (AvgIpc) is 3.46. The Morgan fingerprint density at radius 1 is 1.34 bits per heavy atom. The summed E-state index contributed by atoms with van der Waals surface area (Å²) in [4.78, 5) is 26.1. The molecule has 0 radical (unpaired) electrons. The standard InChI is InChI=1S/C14H11F2N2O3.C7H5N2S.Ni/c1-18-6-10(8(7-19)3-13(18)20)9-4-11(14(15)16)17-5-12(9)21-2;1-2-6(1)3-4-7-9-8-5-10-7;/h3-6,14H,1-2H3;6H,1-2H2;/q2*-1;+2. The van der Waals surface area contributed by atoms with Gasteiger partial charge in [-0.3, -0.25) is 14.9 Å². The molecule has 3 aromatic heterocycles. The third kappa shape index (κ3) is 6.52. The van der Waals surface area contributed by atoms with Crippen LogP contribution in [0.3, 0.4) is 0 Å². The molecule has 0 atom stereocenters. The van der Waals surface area contributed by atoms with E-state index in [1.54, 1.807) is 6.29 Å².